The first-order chi connectivity index (χ1) is 14.0. The minimum Gasteiger partial charge on any atom is -0.497 e. The summed E-state index contributed by atoms with van der Waals surface area (Å²) in [5, 5.41) is 12.7. The van der Waals surface area contributed by atoms with Crippen molar-refractivity contribution in [3.8, 4) is 11.8 Å². The van der Waals surface area contributed by atoms with Gasteiger partial charge in [0.2, 0.25) is 0 Å². The van der Waals surface area contributed by atoms with E-state index in [1.54, 1.807) is 43.7 Å². The Labute approximate surface area is 173 Å². The number of nitrogens with zero attached hydrogens (tertiary/aromatic N) is 2. The van der Waals surface area contributed by atoms with Crippen LogP contribution in [0.1, 0.15) is 47.3 Å². The average Bonchev–Trinajstić information content (AvgIpc) is 3.58. The Bertz CT molecular complexity index is 965. The number of rotatable bonds is 7. The maximum atomic E-state index is 12.7. The van der Waals surface area contributed by atoms with Crippen LogP contribution in [0.5, 0.6) is 5.75 Å². The van der Waals surface area contributed by atoms with Crippen LogP contribution < -0.4 is 10.1 Å². The largest absolute Gasteiger partial charge is 0.497 e. The number of carbonyl (C=O) groups is 2. The number of aromatic nitrogens is 1. The molecule has 1 atom stereocenters. The van der Waals surface area contributed by atoms with Crippen LogP contribution in [0.4, 0.5) is 5.69 Å². The molecule has 0 bridgehead atoms. The average molecular weight is 411 g/mol. The van der Waals surface area contributed by atoms with E-state index < -0.39 is 18.0 Å². The Morgan fingerprint density at radius 3 is 2.55 bits per heavy atom. The Balaban J connectivity index is 1.73. The Kier molecular flexibility index (Phi) is 6.39. The van der Waals surface area contributed by atoms with Gasteiger partial charge in [-0.2, -0.15) is 5.26 Å². The van der Waals surface area contributed by atoms with Gasteiger partial charge in [-0.05, 0) is 56.4 Å². The second kappa shape index (κ2) is 8.97. The van der Waals surface area contributed by atoms with Gasteiger partial charge in [-0.1, -0.05) is 0 Å². The number of hydrogen-bond donors (Lipinski definition) is 1. The van der Waals surface area contributed by atoms with E-state index in [-0.39, 0.29) is 11.1 Å². The van der Waals surface area contributed by atoms with E-state index in [4.69, 9.17) is 9.47 Å². The lowest BCUT2D eigenvalue weighted by atomic mass is 10.1. The quantitative estimate of drug-likeness (QED) is 0.547. The van der Waals surface area contributed by atoms with Crippen molar-refractivity contribution in [2.24, 2.45) is 0 Å². The minimum atomic E-state index is -1.04. The summed E-state index contributed by atoms with van der Waals surface area (Å²) in [6.45, 7) is 1.49. The third-order valence-corrected chi connectivity index (χ3v) is 5.22. The van der Waals surface area contributed by atoms with Crippen molar-refractivity contribution in [2.45, 2.75) is 36.8 Å². The minimum absolute atomic E-state index is 0.151. The molecule has 1 aromatic carbocycles. The number of anilines is 1. The zero-order valence-electron chi connectivity index (χ0n) is 16.4. The van der Waals surface area contributed by atoms with Gasteiger partial charge in [0.25, 0.3) is 5.91 Å². The first-order valence-electron chi connectivity index (χ1n) is 9.11. The zero-order chi connectivity index (χ0) is 21.0. The molecule has 2 aromatic rings. The van der Waals surface area contributed by atoms with Gasteiger partial charge in [-0.25, -0.2) is 9.78 Å². The van der Waals surface area contributed by atoms with E-state index in [2.05, 4.69) is 10.3 Å². The normalized spacial score (nSPS) is 13.9. The van der Waals surface area contributed by atoms with E-state index in [1.807, 2.05) is 6.07 Å². The van der Waals surface area contributed by atoms with Crippen molar-refractivity contribution in [3.63, 3.8) is 0 Å². The van der Waals surface area contributed by atoms with Gasteiger partial charge in [-0.15, -0.1) is 11.8 Å². The fourth-order valence-corrected chi connectivity index (χ4v) is 3.30. The first kappa shape index (κ1) is 20.7. The maximum Gasteiger partial charge on any atom is 0.340 e. The predicted octanol–water partition coefficient (Wildman–Crippen LogP) is 3.75. The highest BCUT2D eigenvalue weighted by atomic mass is 32.2. The molecule has 1 aliphatic rings. The van der Waals surface area contributed by atoms with Gasteiger partial charge in [0.1, 0.15) is 16.8 Å². The number of benzene rings is 1. The van der Waals surface area contributed by atoms with Gasteiger partial charge in [0, 0.05) is 17.3 Å². The van der Waals surface area contributed by atoms with E-state index in [9.17, 15) is 14.9 Å². The summed E-state index contributed by atoms with van der Waals surface area (Å²) in [4.78, 5) is 29.6. The van der Waals surface area contributed by atoms with Crippen molar-refractivity contribution in [1.82, 2.24) is 4.98 Å². The van der Waals surface area contributed by atoms with E-state index in [0.717, 1.165) is 18.5 Å². The molecule has 3 rings (SSSR count). The molecule has 0 aliphatic heterocycles. The van der Waals surface area contributed by atoms with Crippen LogP contribution in [-0.4, -0.2) is 36.3 Å². The molecule has 1 fully saturated rings. The third-order valence-electron chi connectivity index (χ3n) is 4.54. The van der Waals surface area contributed by atoms with Crippen LogP contribution in [0.2, 0.25) is 0 Å². The summed E-state index contributed by atoms with van der Waals surface area (Å²) in [5.41, 5.74) is 1.67. The van der Waals surface area contributed by atoms with Crippen molar-refractivity contribution in [2.75, 3.05) is 18.7 Å². The predicted molar refractivity (Wildman–Crippen MR) is 109 cm³/mol. The van der Waals surface area contributed by atoms with Crippen molar-refractivity contribution >= 4 is 29.3 Å². The molecular weight excluding hydrogens is 390 g/mol. The molecule has 0 radical (unpaired) electrons. The zero-order valence-corrected chi connectivity index (χ0v) is 17.2. The molecule has 1 N–H and O–H groups in total. The molecule has 1 aliphatic carbocycles. The van der Waals surface area contributed by atoms with Gasteiger partial charge < -0.3 is 14.8 Å². The lowest BCUT2D eigenvalue weighted by molar-refractivity contribution is -0.123. The molecule has 1 saturated carbocycles. The summed E-state index contributed by atoms with van der Waals surface area (Å²) in [6, 6.07) is 10.5. The topological polar surface area (TPSA) is 101 Å². The third kappa shape index (κ3) is 4.87. The molecule has 150 valence electrons. The number of amides is 1. The number of ether oxygens (including phenoxy) is 2. The first-order valence-corrected chi connectivity index (χ1v) is 10.3. The lowest BCUT2D eigenvalue weighted by Gasteiger charge is -2.15. The molecule has 1 heterocycles. The smallest absolute Gasteiger partial charge is 0.340 e. The van der Waals surface area contributed by atoms with E-state index in [0.29, 0.717) is 22.4 Å². The monoisotopic (exact) mass is 411 g/mol. The van der Waals surface area contributed by atoms with Crippen LogP contribution >= 0.6 is 11.8 Å². The second-order valence-electron chi connectivity index (χ2n) is 6.63. The van der Waals surface area contributed by atoms with Gasteiger partial charge >= 0.3 is 5.97 Å². The summed E-state index contributed by atoms with van der Waals surface area (Å²) in [5.74, 6) is -0.196. The summed E-state index contributed by atoms with van der Waals surface area (Å²) < 4.78 is 10.4. The molecule has 7 nitrogen and oxygen atoms in total. The van der Waals surface area contributed by atoms with E-state index >= 15 is 0 Å². The SMILES string of the molecule is COc1ccc(NC(=O)C(C)OC(=O)c2cc(C3CC3)nc(SC)c2C#N)cc1. The van der Waals surface area contributed by atoms with Crippen LogP contribution in [0.15, 0.2) is 35.4 Å². The van der Waals surface area contributed by atoms with Crippen molar-refractivity contribution < 1.29 is 19.1 Å². The van der Waals surface area contributed by atoms with Crippen LogP contribution in [0.3, 0.4) is 0 Å². The number of hydrogen-bond acceptors (Lipinski definition) is 7. The highest BCUT2D eigenvalue weighted by Crippen LogP contribution is 2.40. The Morgan fingerprint density at radius 1 is 1.31 bits per heavy atom. The molecule has 8 heteroatoms. The summed E-state index contributed by atoms with van der Waals surface area (Å²) in [7, 11) is 1.56. The fourth-order valence-electron chi connectivity index (χ4n) is 2.74. The Hall–Kier alpha value is -3.05. The van der Waals surface area contributed by atoms with Crippen LogP contribution in [0, 0.1) is 11.3 Å². The van der Waals surface area contributed by atoms with Crippen molar-refractivity contribution in [3.05, 3.63) is 47.2 Å². The van der Waals surface area contributed by atoms with Crippen molar-refractivity contribution in [1.29, 1.82) is 5.26 Å². The van der Waals surface area contributed by atoms with Gasteiger partial charge in [-0.3, -0.25) is 4.79 Å². The number of methoxy groups -OCH3 is 1. The van der Waals surface area contributed by atoms with Crippen LogP contribution in [0.25, 0.3) is 0 Å². The molecule has 1 aromatic heterocycles. The van der Waals surface area contributed by atoms with E-state index in [1.165, 1.54) is 18.7 Å². The van der Waals surface area contributed by atoms with Gasteiger partial charge in [0.05, 0.1) is 18.2 Å². The number of carbonyl (C=O) groups excluding carboxylic acids is 2. The number of esters is 1. The molecule has 1 unspecified atom stereocenters. The second-order valence-corrected chi connectivity index (χ2v) is 7.43. The lowest BCUT2D eigenvalue weighted by Crippen LogP contribution is -2.30. The Morgan fingerprint density at radius 2 is 2.00 bits per heavy atom. The summed E-state index contributed by atoms with van der Waals surface area (Å²) >= 11 is 1.31. The number of nitrogens with one attached hydrogen (secondary N) is 1. The number of thioether (sulfide) groups is 1. The van der Waals surface area contributed by atoms with Crippen LogP contribution in [-0.2, 0) is 9.53 Å². The molecular formula is C21H21N3O4S. The maximum absolute atomic E-state index is 12.7. The molecule has 0 saturated heterocycles. The fraction of sp³-hybridized carbons (Fsp3) is 0.333. The highest BCUT2D eigenvalue weighted by Gasteiger charge is 2.30. The molecule has 29 heavy (non-hydrogen) atoms. The summed E-state index contributed by atoms with van der Waals surface area (Å²) in [6.07, 6.45) is 2.80. The van der Waals surface area contributed by atoms with Gasteiger partial charge in [0.15, 0.2) is 6.10 Å². The standard InChI is InChI=1S/C21H21N3O4S/c1-12(19(25)23-14-6-8-15(27-2)9-7-14)28-21(26)16-10-18(13-4-5-13)24-20(29-3)17(16)11-22/h6-10,12-13H,4-5H2,1-3H3,(H,23,25). The highest BCUT2D eigenvalue weighted by molar-refractivity contribution is 7.98. The molecule has 1 amide bonds. The number of nitriles is 1. The number of pyridine rings is 1. The molecule has 0 spiro atoms.